The van der Waals surface area contributed by atoms with E-state index < -0.39 is 0 Å². The summed E-state index contributed by atoms with van der Waals surface area (Å²) >= 11 is 0. The molecule has 104 valence electrons. The number of nitrogens with one attached hydrogen (secondary N) is 1. The first kappa shape index (κ1) is 13.9. The van der Waals surface area contributed by atoms with Crippen LogP contribution in [-0.2, 0) is 11.3 Å². The lowest BCUT2D eigenvalue weighted by Crippen LogP contribution is -2.28. The van der Waals surface area contributed by atoms with Crippen molar-refractivity contribution in [1.82, 2.24) is 5.32 Å². The molecule has 1 aliphatic carbocycles. The third-order valence-corrected chi connectivity index (χ3v) is 3.46. The van der Waals surface area contributed by atoms with Crippen LogP contribution in [0, 0.1) is 5.92 Å². The van der Waals surface area contributed by atoms with Crippen molar-refractivity contribution in [2.45, 2.75) is 52.2 Å². The van der Waals surface area contributed by atoms with Gasteiger partial charge in [-0.05, 0) is 44.4 Å². The van der Waals surface area contributed by atoms with Crippen molar-refractivity contribution in [2.24, 2.45) is 5.92 Å². The number of hydrogen-bond donors (Lipinski definition) is 1. The van der Waals surface area contributed by atoms with Crippen LogP contribution in [0.3, 0.4) is 0 Å². The lowest BCUT2D eigenvalue weighted by atomic mass is 10.1. The van der Waals surface area contributed by atoms with Gasteiger partial charge in [0.15, 0.2) is 0 Å². The highest BCUT2D eigenvalue weighted by atomic mass is 16.5. The second kappa shape index (κ2) is 6.60. The Morgan fingerprint density at radius 1 is 1.37 bits per heavy atom. The minimum Gasteiger partial charge on any atom is -0.491 e. The average molecular weight is 261 g/mol. The van der Waals surface area contributed by atoms with Crippen molar-refractivity contribution in [3.05, 3.63) is 29.8 Å². The fourth-order valence-corrected chi connectivity index (χ4v) is 2.52. The number of rotatable bonds is 5. The fraction of sp³-hybridized carbons (Fsp3) is 0.562. The van der Waals surface area contributed by atoms with Crippen LogP contribution < -0.4 is 10.1 Å². The van der Waals surface area contributed by atoms with E-state index in [-0.39, 0.29) is 17.9 Å². The molecule has 1 amide bonds. The lowest BCUT2D eigenvalue weighted by Gasteiger charge is -2.13. The SMILES string of the molecule is CC(C)Oc1cccc(CNC(=O)C2CCCC2)c1. The first-order valence-corrected chi connectivity index (χ1v) is 7.18. The third kappa shape index (κ3) is 4.27. The fourth-order valence-electron chi connectivity index (χ4n) is 2.52. The Balaban J connectivity index is 1.86. The van der Waals surface area contributed by atoms with E-state index in [1.54, 1.807) is 0 Å². The van der Waals surface area contributed by atoms with E-state index in [4.69, 9.17) is 4.74 Å². The molecule has 0 spiro atoms. The molecule has 0 aromatic heterocycles. The van der Waals surface area contributed by atoms with E-state index in [9.17, 15) is 4.79 Å². The van der Waals surface area contributed by atoms with E-state index in [0.29, 0.717) is 6.54 Å². The maximum Gasteiger partial charge on any atom is 0.223 e. The van der Waals surface area contributed by atoms with Crippen LogP contribution >= 0.6 is 0 Å². The van der Waals surface area contributed by atoms with Crippen molar-refractivity contribution >= 4 is 5.91 Å². The first-order chi connectivity index (χ1) is 9.15. The summed E-state index contributed by atoms with van der Waals surface area (Å²) in [5, 5.41) is 3.03. The second-order valence-corrected chi connectivity index (χ2v) is 5.51. The summed E-state index contributed by atoms with van der Waals surface area (Å²) in [6.07, 6.45) is 4.64. The molecule has 1 aromatic carbocycles. The number of ether oxygens (including phenoxy) is 1. The smallest absolute Gasteiger partial charge is 0.223 e. The van der Waals surface area contributed by atoms with Crippen molar-refractivity contribution in [3.63, 3.8) is 0 Å². The number of hydrogen-bond acceptors (Lipinski definition) is 2. The van der Waals surface area contributed by atoms with Gasteiger partial charge in [-0.3, -0.25) is 4.79 Å². The quantitative estimate of drug-likeness (QED) is 0.883. The van der Waals surface area contributed by atoms with E-state index in [1.807, 2.05) is 38.1 Å². The highest BCUT2D eigenvalue weighted by Crippen LogP contribution is 2.24. The van der Waals surface area contributed by atoms with E-state index in [2.05, 4.69) is 5.32 Å². The highest BCUT2D eigenvalue weighted by molar-refractivity contribution is 5.78. The predicted molar refractivity (Wildman–Crippen MR) is 76.0 cm³/mol. The molecule has 1 N–H and O–H groups in total. The molecule has 0 heterocycles. The molecule has 1 aliphatic rings. The molecule has 0 aliphatic heterocycles. The average Bonchev–Trinajstić information content (AvgIpc) is 2.89. The van der Waals surface area contributed by atoms with Crippen LogP contribution in [0.5, 0.6) is 5.75 Å². The van der Waals surface area contributed by atoms with Gasteiger partial charge in [0.2, 0.25) is 5.91 Å². The summed E-state index contributed by atoms with van der Waals surface area (Å²) in [6, 6.07) is 7.92. The molecule has 3 nitrogen and oxygen atoms in total. The molecule has 1 saturated carbocycles. The summed E-state index contributed by atoms with van der Waals surface area (Å²) in [5.41, 5.74) is 1.09. The van der Waals surface area contributed by atoms with Gasteiger partial charge in [-0.15, -0.1) is 0 Å². The largest absolute Gasteiger partial charge is 0.491 e. The molecule has 0 bridgehead atoms. The molecular formula is C16H23NO2. The van der Waals surface area contributed by atoms with Crippen molar-refractivity contribution < 1.29 is 9.53 Å². The van der Waals surface area contributed by atoms with E-state index in [1.165, 1.54) is 12.8 Å². The monoisotopic (exact) mass is 261 g/mol. The van der Waals surface area contributed by atoms with Gasteiger partial charge in [0.05, 0.1) is 6.10 Å². The van der Waals surface area contributed by atoms with Gasteiger partial charge in [-0.2, -0.15) is 0 Å². The summed E-state index contributed by atoms with van der Waals surface area (Å²) in [7, 11) is 0. The Morgan fingerprint density at radius 3 is 2.79 bits per heavy atom. The van der Waals surface area contributed by atoms with Gasteiger partial charge in [-0.25, -0.2) is 0 Å². The Morgan fingerprint density at radius 2 is 2.11 bits per heavy atom. The van der Waals surface area contributed by atoms with Gasteiger partial charge in [0.1, 0.15) is 5.75 Å². The topological polar surface area (TPSA) is 38.3 Å². The Labute approximate surface area is 115 Å². The predicted octanol–water partition coefficient (Wildman–Crippen LogP) is 3.28. The molecule has 0 saturated heterocycles. The molecule has 19 heavy (non-hydrogen) atoms. The summed E-state index contributed by atoms with van der Waals surface area (Å²) in [5.74, 6) is 1.30. The summed E-state index contributed by atoms with van der Waals surface area (Å²) in [4.78, 5) is 11.9. The lowest BCUT2D eigenvalue weighted by molar-refractivity contribution is -0.124. The number of carbonyl (C=O) groups is 1. The minimum atomic E-state index is 0.170. The number of carbonyl (C=O) groups excluding carboxylic acids is 1. The molecule has 0 atom stereocenters. The maximum atomic E-state index is 11.9. The van der Waals surface area contributed by atoms with Crippen LogP contribution in [0.4, 0.5) is 0 Å². The van der Waals surface area contributed by atoms with Crippen molar-refractivity contribution in [3.8, 4) is 5.75 Å². The molecule has 1 aromatic rings. The van der Waals surface area contributed by atoms with Crippen LogP contribution in [0.1, 0.15) is 45.1 Å². The molecule has 2 rings (SSSR count). The Hall–Kier alpha value is -1.51. The molecule has 0 unspecified atom stereocenters. The standard InChI is InChI=1S/C16H23NO2/c1-12(2)19-15-9-5-6-13(10-15)11-17-16(18)14-7-3-4-8-14/h5-6,9-10,12,14H,3-4,7-8,11H2,1-2H3,(H,17,18). The molecular weight excluding hydrogens is 238 g/mol. The van der Waals surface area contributed by atoms with Crippen LogP contribution in [-0.4, -0.2) is 12.0 Å². The van der Waals surface area contributed by atoms with Gasteiger partial charge in [0.25, 0.3) is 0 Å². The van der Waals surface area contributed by atoms with Crippen LogP contribution in [0.25, 0.3) is 0 Å². The Kier molecular flexibility index (Phi) is 4.83. The Bertz CT molecular complexity index is 423. The maximum absolute atomic E-state index is 11.9. The summed E-state index contributed by atoms with van der Waals surface area (Å²) < 4.78 is 5.65. The van der Waals surface area contributed by atoms with Gasteiger partial charge in [-0.1, -0.05) is 25.0 Å². The molecule has 1 fully saturated rings. The highest BCUT2D eigenvalue weighted by Gasteiger charge is 2.22. The second-order valence-electron chi connectivity index (χ2n) is 5.51. The number of amides is 1. The zero-order valence-corrected chi connectivity index (χ0v) is 11.8. The van der Waals surface area contributed by atoms with Gasteiger partial charge in [0, 0.05) is 12.5 Å². The first-order valence-electron chi connectivity index (χ1n) is 7.18. The third-order valence-electron chi connectivity index (χ3n) is 3.46. The minimum absolute atomic E-state index is 0.170. The van der Waals surface area contributed by atoms with Crippen LogP contribution in [0.15, 0.2) is 24.3 Å². The van der Waals surface area contributed by atoms with E-state index in [0.717, 1.165) is 24.2 Å². The normalized spacial score (nSPS) is 15.7. The molecule has 3 heteroatoms. The van der Waals surface area contributed by atoms with Crippen molar-refractivity contribution in [2.75, 3.05) is 0 Å². The number of benzene rings is 1. The molecule has 0 radical (unpaired) electrons. The van der Waals surface area contributed by atoms with E-state index >= 15 is 0 Å². The van der Waals surface area contributed by atoms with Crippen LogP contribution in [0.2, 0.25) is 0 Å². The zero-order chi connectivity index (χ0) is 13.7. The van der Waals surface area contributed by atoms with Gasteiger partial charge < -0.3 is 10.1 Å². The van der Waals surface area contributed by atoms with Gasteiger partial charge >= 0.3 is 0 Å². The zero-order valence-electron chi connectivity index (χ0n) is 11.8. The summed E-state index contributed by atoms with van der Waals surface area (Å²) in [6.45, 7) is 4.60. The van der Waals surface area contributed by atoms with Crippen molar-refractivity contribution in [1.29, 1.82) is 0 Å².